The number of thioether (sulfide) groups is 1. The Morgan fingerprint density at radius 1 is 1.24 bits per heavy atom. The fraction of sp³-hybridized carbons (Fsp3) is 0.0714. The molecule has 1 aromatic rings. The van der Waals surface area contributed by atoms with E-state index in [1.807, 2.05) is 36.4 Å². The van der Waals surface area contributed by atoms with Crippen molar-refractivity contribution in [3.8, 4) is 11.8 Å². The van der Waals surface area contributed by atoms with Crippen molar-refractivity contribution >= 4 is 17.8 Å². The van der Waals surface area contributed by atoms with Gasteiger partial charge in [0.05, 0.1) is 17.4 Å². The third kappa shape index (κ3) is 1.88. The van der Waals surface area contributed by atoms with Crippen molar-refractivity contribution in [1.82, 2.24) is 0 Å². The summed E-state index contributed by atoms with van der Waals surface area (Å²) in [6.07, 6.45) is 6.45. The minimum atomic E-state index is 0.452. The number of hydrogen-bond donors (Lipinski definition) is 0. The van der Waals surface area contributed by atoms with Gasteiger partial charge in [0.2, 0.25) is 0 Å². The minimum Gasteiger partial charge on any atom is -0.456 e. The molecule has 0 atom stereocenters. The molecule has 0 saturated carbocycles. The largest absolute Gasteiger partial charge is 0.456 e. The molecule has 0 bridgehead atoms. The topological polar surface area (TPSA) is 33.0 Å². The number of para-hydroxylation sites is 1. The van der Waals surface area contributed by atoms with Crippen LogP contribution in [0.2, 0.25) is 0 Å². The SMILES string of the molecule is N#CCC1=CC=C2Oc3ccccc3C=C2S1. The fourth-order valence-electron chi connectivity index (χ4n) is 1.79. The van der Waals surface area contributed by atoms with Crippen molar-refractivity contribution in [3.05, 3.63) is 57.6 Å². The summed E-state index contributed by atoms with van der Waals surface area (Å²) in [4.78, 5) is 2.14. The van der Waals surface area contributed by atoms with Crippen molar-refractivity contribution in [1.29, 1.82) is 5.26 Å². The average Bonchev–Trinajstić information content (AvgIpc) is 2.36. The number of hydrogen-bond acceptors (Lipinski definition) is 3. The van der Waals surface area contributed by atoms with E-state index in [1.165, 1.54) is 0 Å². The zero-order chi connectivity index (χ0) is 11.7. The highest BCUT2D eigenvalue weighted by atomic mass is 32.2. The number of allylic oxidation sites excluding steroid dienone is 3. The molecule has 0 aromatic heterocycles. The number of benzene rings is 1. The molecule has 0 amide bonds. The summed E-state index contributed by atoms with van der Waals surface area (Å²) in [5, 5.41) is 8.70. The molecule has 2 aliphatic rings. The van der Waals surface area contributed by atoms with E-state index in [0.717, 1.165) is 26.9 Å². The maximum atomic E-state index is 8.70. The molecule has 0 radical (unpaired) electrons. The molecular weight excluding hydrogens is 230 g/mol. The Labute approximate surface area is 104 Å². The van der Waals surface area contributed by atoms with Crippen molar-refractivity contribution in [2.24, 2.45) is 0 Å². The monoisotopic (exact) mass is 239 g/mol. The van der Waals surface area contributed by atoms with E-state index in [1.54, 1.807) is 11.8 Å². The van der Waals surface area contributed by atoms with E-state index in [0.29, 0.717) is 6.42 Å². The fourth-order valence-corrected chi connectivity index (χ4v) is 2.74. The van der Waals surface area contributed by atoms with Crippen LogP contribution in [0.15, 0.2) is 52.0 Å². The van der Waals surface area contributed by atoms with Crippen LogP contribution in [0, 0.1) is 11.3 Å². The highest BCUT2D eigenvalue weighted by molar-refractivity contribution is 8.07. The van der Waals surface area contributed by atoms with E-state index in [-0.39, 0.29) is 0 Å². The first-order valence-corrected chi connectivity index (χ1v) is 6.13. The summed E-state index contributed by atoms with van der Waals surface area (Å²) in [6, 6.07) is 10.1. The summed E-state index contributed by atoms with van der Waals surface area (Å²) in [5.74, 6) is 1.76. The Bertz CT molecular complexity index is 605. The van der Waals surface area contributed by atoms with Gasteiger partial charge in [-0.3, -0.25) is 0 Å². The Hall–Kier alpha value is -1.92. The maximum Gasteiger partial charge on any atom is 0.141 e. The highest BCUT2D eigenvalue weighted by Crippen LogP contribution is 2.42. The molecule has 17 heavy (non-hydrogen) atoms. The van der Waals surface area contributed by atoms with Gasteiger partial charge in [0.25, 0.3) is 0 Å². The van der Waals surface area contributed by atoms with Gasteiger partial charge in [0.15, 0.2) is 0 Å². The summed E-state index contributed by atoms with van der Waals surface area (Å²) in [6.45, 7) is 0. The standard InChI is InChI=1S/C14H9NOS/c15-8-7-11-5-6-13-14(17-11)9-10-3-1-2-4-12(10)16-13/h1-6,9H,7H2. The number of nitriles is 1. The second-order valence-electron chi connectivity index (χ2n) is 3.75. The zero-order valence-electron chi connectivity index (χ0n) is 9.01. The summed E-state index contributed by atoms with van der Waals surface area (Å²) < 4.78 is 5.81. The van der Waals surface area contributed by atoms with Gasteiger partial charge < -0.3 is 4.74 Å². The number of rotatable bonds is 1. The molecule has 2 heterocycles. The van der Waals surface area contributed by atoms with E-state index in [4.69, 9.17) is 10.00 Å². The number of nitrogens with zero attached hydrogens (tertiary/aromatic N) is 1. The lowest BCUT2D eigenvalue weighted by Crippen LogP contribution is -2.05. The molecule has 0 spiro atoms. The van der Waals surface area contributed by atoms with Crippen LogP contribution in [0.5, 0.6) is 5.75 Å². The molecule has 2 nitrogen and oxygen atoms in total. The normalized spacial score (nSPS) is 16.5. The summed E-state index contributed by atoms with van der Waals surface area (Å²) in [5.41, 5.74) is 1.09. The number of fused-ring (bicyclic) bond motifs is 2. The lowest BCUT2D eigenvalue weighted by Gasteiger charge is -2.22. The molecule has 3 rings (SSSR count). The lowest BCUT2D eigenvalue weighted by atomic mass is 10.1. The Kier molecular flexibility index (Phi) is 2.50. The maximum absolute atomic E-state index is 8.70. The third-order valence-electron chi connectivity index (χ3n) is 2.58. The van der Waals surface area contributed by atoms with E-state index in [2.05, 4.69) is 12.1 Å². The quantitative estimate of drug-likeness (QED) is 0.746. The lowest BCUT2D eigenvalue weighted by molar-refractivity contribution is 0.437. The predicted molar refractivity (Wildman–Crippen MR) is 69.0 cm³/mol. The van der Waals surface area contributed by atoms with Gasteiger partial charge in [-0.15, -0.1) is 0 Å². The molecule has 0 fully saturated rings. The van der Waals surface area contributed by atoms with Crippen LogP contribution in [0.3, 0.4) is 0 Å². The molecule has 0 unspecified atom stereocenters. The smallest absolute Gasteiger partial charge is 0.141 e. The second kappa shape index (κ2) is 4.15. The van der Waals surface area contributed by atoms with Crippen LogP contribution in [0.4, 0.5) is 0 Å². The van der Waals surface area contributed by atoms with Gasteiger partial charge in [-0.2, -0.15) is 5.26 Å². The van der Waals surface area contributed by atoms with Crippen molar-refractivity contribution in [2.45, 2.75) is 6.42 Å². The van der Waals surface area contributed by atoms with Crippen LogP contribution >= 0.6 is 11.8 Å². The molecule has 1 aromatic carbocycles. The molecule has 0 aliphatic carbocycles. The molecular formula is C14H9NOS. The van der Waals surface area contributed by atoms with Gasteiger partial charge in [0, 0.05) is 10.5 Å². The van der Waals surface area contributed by atoms with Crippen LogP contribution in [0.25, 0.3) is 6.08 Å². The highest BCUT2D eigenvalue weighted by Gasteiger charge is 2.20. The molecule has 3 heteroatoms. The molecule has 82 valence electrons. The second-order valence-corrected chi connectivity index (χ2v) is 4.92. The Morgan fingerprint density at radius 2 is 2.12 bits per heavy atom. The van der Waals surface area contributed by atoms with Crippen LogP contribution in [-0.4, -0.2) is 0 Å². The van der Waals surface area contributed by atoms with Crippen molar-refractivity contribution < 1.29 is 4.74 Å². The first kappa shape index (κ1) is 10.2. The third-order valence-corrected chi connectivity index (χ3v) is 3.66. The molecule has 0 N–H and O–H groups in total. The van der Waals surface area contributed by atoms with Crippen molar-refractivity contribution in [2.75, 3.05) is 0 Å². The van der Waals surface area contributed by atoms with Crippen LogP contribution in [0.1, 0.15) is 12.0 Å². The predicted octanol–water partition coefficient (Wildman–Crippen LogP) is 3.85. The molecule has 2 aliphatic heterocycles. The van der Waals surface area contributed by atoms with Gasteiger partial charge >= 0.3 is 0 Å². The van der Waals surface area contributed by atoms with E-state index < -0.39 is 0 Å². The van der Waals surface area contributed by atoms with Crippen LogP contribution in [-0.2, 0) is 0 Å². The first-order chi connectivity index (χ1) is 8.36. The molecule has 0 saturated heterocycles. The summed E-state index contributed by atoms with van der Waals surface area (Å²) in [7, 11) is 0. The average molecular weight is 239 g/mol. The van der Waals surface area contributed by atoms with Gasteiger partial charge in [-0.1, -0.05) is 30.0 Å². The van der Waals surface area contributed by atoms with Crippen molar-refractivity contribution in [3.63, 3.8) is 0 Å². The van der Waals surface area contributed by atoms with Gasteiger partial charge in [0.1, 0.15) is 11.5 Å². The van der Waals surface area contributed by atoms with Crippen LogP contribution < -0.4 is 4.74 Å². The Morgan fingerprint density at radius 3 is 3.00 bits per heavy atom. The van der Waals surface area contributed by atoms with Gasteiger partial charge in [-0.05, 0) is 24.3 Å². The zero-order valence-corrected chi connectivity index (χ0v) is 9.83. The van der Waals surface area contributed by atoms with E-state index >= 15 is 0 Å². The first-order valence-electron chi connectivity index (χ1n) is 5.31. The summed E-state index contributed by atoms with van der Waals surface area (Å²) >= 11 is 1.61. The van der Waals surface area contributed by atoms with Gasteiger partial charge in [-0.25, -0.2) is 0 Å². The minimum absolute atomic E-state index is 0.452. The number of ether oxygens (including phenoxy) is 1. The Balaban J connectivity index is 1.99. The van der Waals surface area contributed by atoms with E-state index in [9.17, 15) is 0 Å².